The van der Waals surface area contributed by atoms with Crippen LogP contribution in [-0.4, -0.2) is 41.0 Å². The van der Waals surface area contributed by atoms with Gasteiger partial charge in [0, 0.05) is 26.1 Å². The fourth-order valence-corrected chi connectivity index (χ4v) is 2.90. The molecular weight excluding hydrogens is 254 g/mol. The van der Waals surface area contributed by atoms with E-state index in [4.69, 9.17) is 0 Å². The summed E-state index contributed by atoms with van der Waals surface area (Å²) in [5.74, 6) is 4.91. The molecule has 0 N–H and O–H groups in total. The number of aromatic nitrogens is 6. The topological polar surface area (TPSA) is 64.7 Å². The Kier molecular flexibility index (Phi) is 2.63. The van der Waals surface area contributed by atoms with Gasteiger partial charge in [-0.05, 0) is 19.8 Å². The maximum absolute atomic E-state index is 4.36. The Balaban J connectivity index is 1.50. The first-order valence-corrected chi connectivity index (χ1v) is 7.21. The van der Waals surface area contributed by atoms with E-state index in [1.165, 1.54) is 12.8 Å². The van der Waals surface area contributed by atoms with Gasteiger partial charge in [-0.25, -0.2) is 0 Å². The fourth-order valence-electron chi connectivity index (χ4n) is 2.90. The summed E-state index contributed by atoms with van der Waals surface area (Å²) >= 11 is 0. The number of fused-ring (bicyclic) bond motifs is 1. The van der Waals surface area contributed by atoms with E-state index in [9.17, 15) is 0 Å². The average Bonchev–Trinajstić information content (AvgIpc) is 3.14. The lowest BCUT2D eigenvalue weighted by molar-refractivity contribution is 0.201. The normalized spacial score (nSPS) is 19.3. The van der Waals surface area contributed by atoms with Crippen molar-refractivity contribution in [3.05, 3.63) is 23.3 Å². The third kappa shape index (κ3) is 1.93. The molecule has 2 aliphatic rings. The van der Waals surface area contributed by atoms with Crippen molar-refractivity contribution >= 4 is 0 Å². The number of hydrogen-bond acceptors (Lipinski definition) is 5. The summed E-state index contributed by atoms with van der Waals surface area (Å²) in [6.45, 7) is 5.66. The van der Waals surface area contributed by atoms with Gasteiger partial charge in [-0.3, -0.25) is 4.90 Å². The van der Waals surface area contributed by atoms with Gasteiger partial charge in [0.05, 0.1) is 13.1 Å². The lowest BCUT2D eigenvalue weighted by atomic mass is 10.3. The van der Waals surface area contributed by atoms with Crippen molar-refractivity contribution in [3.8, 4) is 0 Å². The molecule has 1 aliphatic carbocycles. The number of hydrogen-bond donors (Lipinski definition) is 0. The molecule has 0 atom stereocenters. The van der Waals surface area contributed by atoms with Crippen molar-refractivity contribution < 1.29 is 0 Å². The Morgan fingerprint density at radius 3 is 2.75 bits per heavy atom. The zero-order valence-corrected chi connectivity index (χ0v) is 12.0. The van der Waals surface area contributed by atoms with Crippen LogP contribution in [0.1, 0.15) is 42.1 Å². The van der Waals surface area contributed by atoms with E-state index >= 15 is 0 Å². The quantitative estimate of drug-likeness (QED) is 0.819. The van der Waals surface area contributed by atoms with E-state index in [0.29, 0.717) is 5.92 Å². The minimum absolute atomic E-state index is 0.647. The highest BCUT2D eigenvalue weighted by atomic mass is 15.4. The second-order valence-corrected chi connectivity index (χ2v) is 5.83. The smallest absolute Gasteiger partial charge is 0.147 e. The number of rotatable bonds is 3. The third-order valence-electron chi connectivity index (χ3n) is 4.32. The van der Waals surface area contributed by atoms with Gasteiger partial charge in [-0.1, -0.05) is 0 Å². The first-order chi connectivity index (χ1) is 9.72. The molecule has 106 valence electrons. The highest BCUT2D eigenvalue weighted by molar-refractivity contribution is 5.08. The Hall–Kier alpha value is -1.76. The predicted octanol–water partition coefficient (Wildman–Crippen LogP) is 0.608. The van der Waals surface area contributed by atoms with E-state index in [-0.39, 0.29) is 0 Å². The highest BCUT2D eigenvalue weighted by Crippen LogP contribution is 2.38. The van der Waals surface area contributed by atoms with Gasteiger partial charge in [-0.2, -0.15) is 0 Å². The highest BCUT2D eigenvalue weighted by Gasteiger charge is 2.30. The van der Waals surface area contributed by atoms with Crippen molar-refractivity contribution in [2.24, 2.45) is 7.05 Å². The Morgan fingerprint density at radius 2 is 1.95 bits per heavy atom. The van der Waals surface area contributed by atoms with Crippen LogP contribution in [0.25, 0.3) is 0 Å². The zero-order valence-electron chi connectivity index (χ0n) is 12.0. The molecular formula is C13H19N7. The van der Waals surface area contributed by atoms with Crippen molar-refractivity contribution in [2.75, 3.05) is 6.54 Å². The van der Waals surface area contributed by atoms with Crippen LogP contribution < -0.4 is 0 Å². The molecule has 7 heteroatoms. The summed E-state index contributed by atoms with van der Waals surface area (Å²) in [4.78, 5) is 2.37. The summed E-state index contributed by atoms with van der Waals surface area (Å²) in [6, 6.07) is 0. The Labute approximate surface area is 117 Å². The predicted molar refractivity (Wildman–Crippen MR) is 71.9 cm³/mol. The molecule has 4 rings (SSSR count). The van der Waals surface area contributed by atoms with Gasteiger partial charge in [-0.15, -0.1) is 20.4 Å². The van der Waals surface area contributed by atoms with Crippen LogP contribution in [0.3, 0.4) is 0 Å². The van der Waals surface area contributed by atoms with Crippen LogP contribution in [-0.2, 0) is 26.7 Å². The SMILES string of the molecule is Cc1nnc2n1CCN(Cc1nnc(C3CC3)n1C)C2. The van der Waals surface area contributed by atoms with Gasteiger partial charge in [0.1, 0.15) is 23.3 Å². The first-order valence-electron chi connectivity index (χ1n) is 7.21. The van der Waals surface area contributed by atoms with E-state index in [1.54, 1.807) is 0 Å². The minimum Gasteiger partial charge on any atom is -0.317 e. The van der Waals surface area contributed by atoms with Crippen LogP contribution in [0.2, 0.25) is 0 Å². The molecule has 2 aromatic heterocycles. The number of aryl methyl sites for hydroxylation is 1. The van der Waals surface area contributed by atoms with E-state index in [1.807, 2.05) is 6.92 Å². The second-order valence-electron chi connectivity index (χ2n) is 5.83. The lowest BCUT2D eigenvalue weighted by Gasteiger charge is -2.26. The van der Waals surface area contributed by atoms with Gasteiger partial charge in [0.25, 0.3) is 0 Å². The molecule has 0 amide bonds. The largest absolute Gasteiger partial charge is 0.317 e. The van der Waals surface area contributed by atoms with E-state index < -0.39 is 0 Å². The monoisotopic (exact) mass is 273 g/mol. The molecule has 0 saturated heterocycles. The first kappa shape index (κ1) is 12.0. The van der Waals surface area contributed by atoms with Gasteiger partial charge in [0.15, 0.2) is 0 Å². The average molecular weight is 273 g/mol. The molecule has 0 radical (unpaired) electrons. The number of nitrogens with zero attached hydrogens (tertiary/aromatic N) is 7. The van der Waals surface area contributed by atoms with Crippen molar-refractivity contribution in [3.63, 3.8) is 0 Å². The van der Waals surface area contributed by atoms with Crippen LogP contribution in [0, 0.1) is 6.92 Å². The third-order valence-corrected chi connectivity index (χ3v) is 4.32. The molecule has 0 aromatic carbocycles. The zero-order chi connectivity index (χ0) is 13.7. The molecule has 0 unspecified atom stereocenters. The molecule has 20 heavy (non-hydrogen) atoms. The molecule has 0 spiro atoms. The summed E-state index contributed by atoms with van der Waals surface area (Å²) in [5, 5.41) is 17.1. The molecule has 1 saturated carbocycles. The Morgan fingerprint density at radius 1 is 1.10 bits per heavy atom. The second kappa shape index (κ2) is 4.37. The van der Waals surface area contributed by atoms with Gasteiger partial charge in [0.2, 0.25) is 0 Å². The molecule has 1 aliphatic heterocycles. The van der Waals surface area contributed by atoms with Crippen molar-refractivity contribution in [1.29, 1.82) is 0 Å². The standard InChI is InChI=1S/C13H19N7/c1-9-14-16-12-8-19(5-6-20(9)12)7-11-15-17-13(18(11)2)10-3-4-10/h10H,3-8H2,1-2H3. The van der Waals surface area contributed by atoms with E-state index in [0.717, 1.165) is 49.5 Å². The lowest BCUT2D eigenvalue weighted by Crippen LogP contribution is -2.34. The van der Waals surface area contributed by atoms with E-state index in [2.05, 4.69) is 41.5 Å². The molecule has 7 nitrogen and oxygen atoms in total. The summed E-state index contributed by atoms with van der Waals surface area (Å²) < 4.78 is 4.37. The van der Waals surface area contributed by atoms with Crippen molar-refractivity contribution in [2.45, 2.75) is 45.3 Å². The summed E-state index contributed by atoms with van der Waals surface area (Å²) in [6.07, 6.45) is 2.52. The summed E-state index contributed by atoms with van der Waals surface area (Å²) in [7, 11) is 2.08. The van der Waals surface area contributed by atoms with Gasteiger partial charge >= 0.3 is 0 Å². The maximum atomic E-state index is 4.36. The van der Waals surface area contributed by atoms with Crippen molar-refractivity contribution in [1.82, 2.24) is 34.4 Å². The molecule has 1 fully saturated rings. The Bertz CT molecular complexity index is 637. The van der Waals surface area contributed by atoms with Crippen LogP contribution in [0.4, 0.5) is 0 Å². The molecule has 0 bridgehead atoms. The summed E-state index contributed by atoms with van der Waals surface area (Å²) in [5.41, 5.74) is 0. The minimum atomic E-state index is 0.647. The van der Waals surface area contributed by atoms with Crippen LogP contribution >= 0.6 is 0 Å². The van der Waals surface area contributed by atoms with Gasteiger partial charge < -0.3 is 9.13 Å². The molecule has 3 heterocycles. The molecule has 2 aromatic rings. The fraction of sp³-hybridized carbons (Fsp3) is 0.692. The maximum Gasteiger partial charge on any atom is 0.147 e. The van der Waals surface area contributed by atoms with Crippen LogP contribution in [0.15, 0.2) is 0 Å². The van der Waals surface area contributed by atoms with Crippen LogP contribution in [0.5, 0.6) is 0 Å².